The van der Waals surface area contributed by atoms with E-state index in [-0.39, 0.29) is 10.8 Å². The van der Waals surface area contributed by atoms with Crippen molar-refractivity contribution in [3.05, 3.63) is 78.4 Å². The average Bonchev–Trinajstić information content (AvgIpc) is 2.79. The van der Waals surface area contributed by atoms with E-state index in [2.05, 4.69) is 25.2 Å². The zero-order valence-electron chi connectivity index (χ0n) is 18.9. The van der Waals surface area contributed by atoms with Crippen LogP contribution in [0.5, 0.6) is 0 Å². The van der Waals surface area contributed by atoms with E-state index in [9.17, 15) is 14.7 Å². The molecule has 2 N–H and O–H groups in total. The van der Waals surface area contributed by atoms with Crippen LogP contribution in [0.4, 0.5) is 0 Å². The van der Waals surface area contributed by atoms with Gasteiger partial charge in [0.15, 0.2) is 0 Å². The fourth-order valence-electron chi connectivity index (χ4n) is 2.92. The van der Waals surface area contributed by atoms with E-state index in [1.807, 2.05) is 30.4 Å². The minimum absolute atomic E-state index is 0.197. The molecule has 0 aliphatic heterocycles. The first-order valence-electron chi connectivity index (χ1n) is 11.3. The Kier molecular flexibility index (Phi) is 15.8. The number of aliphatic hydroxyl groups excluding tert-OH is 1. The van der Waals surface area contributed by atoms with Gasteiger partial charge in [0.05, 0.1) is 16.9 Å². The Bertz CT molecular complexity index is 762. The first kappa shape index (κ1) is 27.7. The largest absolute Gasteiger partial charge is 0.478 e. The zero-order chi connectivity index (χ0) is 23.4. The van der Waals surface area contributed by atoms with E-state index in [4.69, 9.17) is 5.11 Å². The molecule has 0 unspecified atom stereocenters. The van der Waals surface area contributed by atoms with E-state index in [1.165, 1.54) is 31.0 Å². The van der Waals surface area contributed by atoms with Crippen LogP contribution in [0.1, 0.15) is 68.6 Å². The number of aliphatic hydroxyl groups is 1. The molecule has 2 atom stereocenters. The summed E-state index contributed by atoms with van der Waals surface area (Å²) in [6.45, 7) is 2.21. The number of carboxylic acid groups (broad SMARTS) is 1. The van der Waals surface area contributed by atoms with Gasteiger partial charge in [-0.3, -0.25) is 0 Å². The lowest BCUT2D eigenvalue weighted by molar-refractivity contribution is -0.108. The number of carbonyl (C=O) groups is 2. The minimum Gasteiger partial charge on any atom is -0.478 e. The van der Waals surface area contributed by atoms with Gasteiger partial charge < -0.3 is 15.0 Å². The lowest BCUT2D eigenvalue weighted by atomic mass is 10.1. The molecule has 32 heavy (non-hydrogen) atoms. The molecule has 0 fully saturated rings. The average molecular weight is 457 g/mol. The molecule has 0 radical (unpaired) electrons. The van der Waals surface area contributed by atoms with Crippen LogP contribution in [0.15, 0.2) is 77.8 Å². The molecule has 0 aromatic heterocycles. The van der Waals surface area contributed by atoms with Gasteiger partial charge in [-0.1, -0.05) is 68.4 Å². The van der Waals surface area contributed by atoms with Gasteiger partial charge in [-0.25, -0.2) is 4.79 Å². The summed E-state index contributed by atoms with van der Waals surface area (Å²) in [4.78, 5) is 22.5. The van der Waals surface area contributed by atoms with Crippen LogP contribution in [0, 0.1) is 0 Å². The summed E-state index contributed by atoms with van der Waals surface area (Å²) in [6, 6.07) is 6.63. The molecular formula is C27H36O4S. The number of thioether (sulfide) groups is 1. The zero-order valence-corrected chi connectivity index (χ0v) is 19.8. The molecule has 0 amide bonds. The number of carboxylic acids is 1. The molecule has 1 aromatic rings. The second-order valence-corrected chi connectivity index (χ2v) is 8.73. The number of hydrogen-bond donors (Lipinski definition) is 2. The van der Waals surface area contributed by atoms with Crippen LogP contribution in [-0.2, 0) is 4.79 Å². The third kappa shape index (κ3) is 13.1. The number of allylic oxidation sites excluding steroid dienone is 7. The maximum absolute atomic E-state index is 11.0. The number of aldehydes is 1. The third-order valence-corrected chi connectivity index (χ3v) is 6.05. The van der Waals surface area contributed by atoms with Crippen molar-refractivity contribution in [3.63, 3.8) is 0 Å². The van der Waals surface area contributed by atoms with Gasteiger partial charge in [0.25, 0.3) is 0 Å². The Hall–Kier alpha value is -2.37. The topological polar surface area (TPSA) is 74.6 Å². The van der Waals surface area contributed by atoms with Crippen molar-refractivity contribution in [2.24, 2.45) is 0 Å². The summed E-state index contributed by atoms with van der Waals surface area (Å²) in [5.74, 6) is -0.961. The Morgan fingerprint density at radius 2 is 1.72 bits per heavy atom. The fourth-order valence-corrected chi connectivity index (χ4v) is 3.99. The number of unbranched alkanes of at least 4 members (excludes halogenated alkanes) is 4. The highest BCUT2D eigenvalue weighted by atomic mass is 32.2. The second-order valence-electron chi connectivity index (χ2n) is 7.48. The van der Waals surface area contributed by atoms with Crippen LogP contribution >= 0.6 is 11.8 Å². The molecule has 0 aliphatic rings. The van der Waals surface area contributed by atoms with Crippen molar-refractivity contribution in [3.8, 4) is 0 Å². The maximum Gasteiger partial charge on any atom is 0.335 e. The molecule has 0 saturated heterocycles. The van der Waals surface area contributed by atoms with Crippen molar-refractivity contribution < 1.29 is 19.8 Å². The summed E-state index contributed by atoms with van der Waals surface area (Å²) in [6.07, 6.45) is 24.0. The lowest BCUT2D eigenvalue weighted by Gasteiger charge is -2.19. The summed E-state index contributed by atoms with van der Waals surface area (Å²) in [5.41, 5.74) is 0.235. The molecule has 174 valence electrons. The highest BCUT2D eigenvalue weighted by Crippen LogP contribution is 2.28. The second kappa shape index (κ2) is 18.2. The smallest absolute Gasteiger partial charge is 0.335 e. The molecule has 1 rings (SSSR count). The predicted molar refractivity (Wildman–Crippen MR) is 134 cm³/mol. The maximum atomic E-state index is 11.0. The van der Waals surface area contributed by atoms with E-state index in [0.29, 0.717) is 19.3 Å². The highest BCUT2D eigenvalue weighted by molar-refractivity contribution is 8.00. The van der Waals surface area contributed by atoms with E-state index in [1.54, 1.807) is 24.3 Å². The van der Waals surface area contributed by atoms with Crippen molar-refractivity contribution in [1.29, 1.82) is 0 Å². The molecule has 5 heteroatoms. The summed E-state index contributed by atoms with van der Waals surface area (Å²) < 4.78 is 0. The van der Waals surface area contributed by atoms with Crippen LogP contribution in [0.2, 0.25) is 0 Å². The molecule has 0 spiro atoms. The number of benzene rings is 1. The van der Waals surface area contributed by atoms with Crippen molar-refractivity contribution in [2.75, 3.05) is 0 Å². The normalized spacial score (nSPS) is 14.1. The SMILES string of the molecule is CCCCC/C=C\C\C=C/C=C/C=C/[C@@H](Sc1ccc(C(=O)O)cc1)[C@@H](O)CCCC=O. The summed E-state index contributed by atoms with van der Waals surface area (Å²) in [7, 11) is 0. The Morgan fingerprint density at radius 3 is 2.41 bits per heavy atom. The van der Waals surface area contributed by atoms with Crippen LogP contribution in [0.25, 0.3) is 0 Å². The Morgan fingerprint density at radius 1 is 0.969 bits per heavy atom. The molecule has 0 saturated carbocycles. The first-order valence-corrected chi connectivity index (χ1v) is 12.2. The molecule has 0 aliphatic carbocycles. The lowest BCUT2D eigenvalue weighted by Crippen LogP contribution is -2.21. The quantitative estimate of drug-likeness (QED) is 0.0889. The van der Waals surface area contributed by atoms with E-state index < -0.39 is 12.1 Å². The molecule has 1 aromatic carbocycles. The van der Waals surface area contributed by atoms with Crippen molar-refractivity contribution in [1.82, 2.24) is 0 Å². The van der Waals surface area contributed by atoms with Gasteiger partial charge in [0, 0.05) is 11.3 Å². The summed E-state index contributed by atoms with van der Waals surface area (Å²) in [5, 5.41) is 19.4. The molecule has 0 heterocycles. The minimum atomic E-state index is -0.961. The van der Waals surface area contributed by atoms with Gasteiger partial charge in [-0.2, -0.15) is 0 Å². The van der Waals surface area contributed by atoms with Crippen molar-refractivity contribution >= 4 is 24.0 Å². The predicted octanol–water partition coefficient (Wildman–Crippen LogP) is 6.77. The third-order valence-electron chi connectivity index (χ3n) is 4.76. The number of hydrogen-bond acceptors (Lipinski definition) is 4. The number of rotatable bonds is 17. The van der Waals surface area contributed by atoms with E-state index >= 15 is 0 Å². The molecule has 0 bridgehead atoms. The van der Waals surface area contributed by atoms with Crippen molar-refractivity contribution in [2.45, 2.75) is 74.5 Å². The van der Waals surface area contributed by atoms with Gasteiger partial charge >= 0.3 is 5.97 Å². The molecule has 4 nitrogen and oxygen atoms in total. The summed E-state index contributed by atoms with van der Waals surface area (Å²) >= 11 is 1.48. The first-order chi connectivity index (χ1) is 15.6. The standard InChI is InChI=1S/C27H36O4S/c1-2-3-4-5-6-7-8-9-10-11-12-13-17-26(25(29)16-14-15-22-28)32-24-20-18-23(19-21-24)27(30)31/h6-7,9-13,17-22,25-26,29H,2-5,8,14-16H2,1H3,(H,30,31)/b7-6-,10-9-,12-11+,17-13+/t25-,26+/m0/s1. The van der Waals surface area contributed by atoms with Crippen LogP contribution in [-0.4, -0.2) is 33.8 Å². The van der Waals surface area contributed by atoms with Gasteiger partial charge in [0.1, 0.15) is 6.29 Å². The van der Waals surface area contributed by atoms with Gasteiger partial charge in [-0.05, 0) is 56.4 Å². The fraction of sp³-hybridized carbons (Fsp3) is 0.407. The van der Waals surface area contributed by atoms with Crippen LogP contribution < -0.4 is 0 Å². The number of aromatic carboxylic acids is 1. The van der Waals surface area contributed by atoms with Gasteiger partial charge in [-0.15, -0.1) is 11.8 Å². The highest BCUT2D eigenvalue weighted by Gasteiger charge is 2.17. The Balaban J connectivity index is 2.60. The Labute approximate surface area is 196 Å². The van der Waals surface area contributed by atoms with Gasteiger partial charge in [0.2, 0.25) is 0 Å². The molecular weight excluding hydrogens is 420 g/mol. The monoisotopic (exact) mass is 456 g/mol. The number of carbonyl (C=O) groups excluding carboxylic acids is 1. The van der Waals surface area contributed by atoms with E-state index in [0.717, 1.165) is 24.0 Å². The van der Waals surface area contributed by atoms with Crippen LogP contribution in [0.3, 0.4) is 0 Å².